The van der Waals surface area contributed by atoms with Crippen LogP contribution in [0.2, 0.25) is 0 Å². The van der Waals surface area contributed by atoms with Crippen LogP contribution in [0.25, 0.3) is 0 Å². The molecule has 0 aromatic heterocycles. The quantitative estimate of drug-likeness (QED) is 0.705. The molecule has 0 bridgehead atoms. The van der Waals surface area contributed by atoms with Crippen LogP contribution in [0.15, 0.2) is 0 Å². The molecule has 16 heavy (non-hydrogen) atoms. The fourth-order valence-electron chi connectivity index (χ4n) is 2.97. The molecule has 3 fully saturated rings. The van der Waals surface area contributed by atoms with Gasteiger partial charge in [0.15, 0.2) is 0 Å². The number of nitrogens with zero attached hydrogens (tertiary/aromatic N) is 1. The molecule has 3 aliphatic rings. The summed E-state index contributed by atoms with van der Waals surface area (Å²) in [5, 5.41) is 6.61. The zero-order chi connectivity index (χ0) is 11.0. The van der Waals surface area contributed by atoms with E-state index in [0.29, 0.717) is 12.6 Å². The minimum atomic E-state index is 0.229. The van der Waals surface area contributed by atoms with Gasteiger partial charge in [-0.05, 0) is 38.1 Å². The molecule has 4 heteroatoms. The van der Waals surface area contributed by atoms with Gasteiger partial charge in [-0.1, -0.05) is 0 Å². The topological polar surface area (TPSA) is 44.4 Å². The second-order valence-corrected chi connectivity index (χ2v) is 5.47. The van der Waals surface area contributed by atoms with E-state index >= 15 is 0 Å². The highest BCUT2D eigenvalue weighted by molar-refractivity contribution is 5.78. The van der Waals surface area contributed by atoms with Crippen molar-refractivity contribution in [1.82, 2.24) is 15.5 Å². The third-order valence-electron chi connectivity index (χ3n) is 4.05. The fourth-order valence-corrected chi connectivity index (χ4v) is 2.97. The van der Waals surface area contributed by atoms with E-state index in [2.05, 4.69) is 15.5 Å². The first-order valence-corrected chi connectivity index (χ1v) is 6.56. The highest BCUT2D eigenvalue weighted by atomic mass is 16.2. The van der Waals surface area contributed by atoms with Gasteiger partial charge in [0.1, 0.15) is 0 Å². The number of carbonyl (C=O) groups is 1. The van der Waals surface area contributed by atoms with E-state index in [-0.39, 0.29) is 5.91 Å². The molecule has 90 valence electrons. The molecule has 1 saturated carbocycles. The normalized spacial score (nSPS) is 34.8. The lowest BCUT2D eigenvalue weighted by atomic mass is 9.93. The Balaban J connectivity index is 1.46. The van der Waals surface area contributed by atoms with Gasteiger partial charge in [-0.25, -0.2) is 0 Å². The lowest BCUT2D eigenvalue weighted by Gasteiger charge is -2.34. The standard InChI is InChI=1S/C12H21N3O/c16-12(14-10-1-2-10)8-15-6-4-11-9(7-15)3-5-13-11/h9-11,13H,1-8H2,(H,14,16). The number of hydrogen-bond donors (Lipinski definition) is 2. The molecule has 1 aliphatic carbocycles. The van der Waals surface area contributed by atoms with Crippen molar-refractivity contribution < 1.29 is 4.79 Å². The number of likely N-dealkylation sites (tertiary alicyclic amines) is 1. The smallest absolute Gasteiger partial charge is 0.234 e. The van der Waals surface area contributed by atoms with Crippen molar-refractivity contribution in [2.45, 2.75) is 37.8 Å². The summed E-state index contributed by atoms with van der Waals surface area (Å²) >= 11 is 0. The van der Waals surface area contributed by atoms with Gasteiger partial charge in [-0.3, -0.25) is 9.69 Å². The average Bonchev–Trinajstić information content (AvgIpc) is 2.95. The third kappa shape index (κ3) is 2.38. The molecule has 2 atom stereocenters. The molecule has 0 radical (unpaired) electrons. The summed E-state index contributed by atoms with van der Waals surface area (Å²) in [6.45, 7) is 3.96. The van der Waals surface area contributed by atoms with Crippen molar-refractivity contribution in [3.8, 4) is 0 Å². The van der Waals surface area contributed by atoms with Crippen molar-refractivity contribution in [3.63, 3.8) is 0 Å². The van der Waals surface area contributed by atoms with E-state index in [4.69, 9.17) is 0 Å². The minimum absolute atomic E-state index is 0.229. The first kappa shape index (κ1) is 10.5. The Morgan fingerprint density at radius 1 is 1.31 bits per heavy atom. The Hall–Kier alpha value is -0.610. The van der Waals surface area contributed by atoms with Gasteiger partial charge in [-0.15, -0.1) is 0 Å². The second kappa shape index (κ2) is 4.34. The highest BCUT2D eigenvalue weighted by Crippen LogP contribution is 2.24. The van der Waals surface area contributed by atoms with E-state index in [1.807, 2.05) is 0 Å². The molecule has 1 amide bonds. The molecule has 2 unspecified atom stereocenters. The number of hydrogen-bond acceptors (Lipinski definition) is 3. The van der Waals surface area contributed by atoms with Crippen LogP contribution in [0.5, 0.6) is 0 Å². The molecule has 0 aromatic rings. The first-order valence-electron chi connectivity index (χ1n) is 6.56. The molecule has 0 spiro atoms. The van der Waals surface area contributed by atoms with Crippen molar-refractivity contribution in [1.29, 1.82) is 0 Å². The van der Waals surface area contributed by atoms with E-state index in [9.17, 15) is 4.79 Å². The van der Waals surface area contributed by atoms with Crippen molar-refractivity contribution >= 4 is 5.91 Å². The number of piperidine rings is 1. The summed E-state index contributed by atoms with van der Waals surface area (Å²) in [4.78, 5) is 14.0. The van der Waals surface area contributed by atoms with E-state index in [1.165, 1.54) is 25.7 Å². The predicted molar refractivity (Wildman–Crippen MR) is 62.1 cm³/mol. The molecular weight excluding hydrogens is 202 g/mol. The van der Waals surface area contributed by atoms with E-state index < -0.39 is 0 Å². The number of rotatable bonds is 3. The Bertz CT molecular complexity index is 277. The molecule has 3 rings (SSSR count). The maximum absolute atomic E-state index is 11.7. The maximum Gasteiger partial charge on any atom is 0.234 e. The molecule has 2 heterocycles. The minimum Gasteiger partial charge on any atom is -0.352 e. The molecule has 2 N–H and O–H groups in total. The van der Waals surface area contributed by atoms with Crippen LogP contribution in [0, 0.1) is 5.92 Å². The maximum atomic E-state index is 11.7. The molecule has 2 aliphatic heterocycles. The summed E-state index contributed by atoms with van der Waals surface area (Å²) in [7, 11) is 0. The Morgan fingerprint density at radius 3 is 3.00 bits per heavy atom. The van der Waals surface area contributed by atoms with Crippen molar-refractivity contribution in [2.24, 2.45) is 5.92 Å². The number of carbonyl (C=O) groups excluding carboxylic acids is 1. The predicted octanol–water partition coefficient (Wildman–Crippen LogP) is -0.0512. The Labute approximate surface area is 96.8 Å². The van der Waals surface area contributed by atoms with Crippen LogP contribution in [0.1, 0.15) is 25.7 Å². The number of fused-ring (bicyclic) bond motifs is 1. The number of nitrogens with one attached hydrogen (secondary N) is 2. The monoisotopic (exact) mass is 223 g/mol. The van der Waals surface area contributed by atoms with E-state index in [1.54, 1.807) is 0 Å². The SMILES string of the molecule is O=C(CN1CCC2NCCC2C1)NC1CC1. The van der Waals surface area contributed by atoms with Gasteiger partial charge >= 0.3 is 0 Å². The van der Waals surface area contributed by atoms with Crippen molar-refractivity contribution in [2.75, 3.05) is 26.2 Å². The third-order valence-corrected chi connectivity index (χ3v) is 4.05. The second-order valence-electron chi connectivity index (χ2n) is 5.47. The zero-order valence-electron chi connectivity index (χ0n) is 9.74. The van der Waals surface area contributed by atoms with Crippen LogP contribution in [-0.4, -0.2) is 49.1 Å². The summed E-state index contributed by atoms with van der Waals surface area (Å²) < 4.78 is 0. The number of amides is 1. The van der Waals surface area contributed by atoms with E-state index in [0.717, 1.165) is 31.6 Å². The summed E-state index contributed by atoms with van der Waals surface area (Å²) in [5.41, 5.74) is 0. The average molecular weight is 223 g/mol. The fraction of sp³-hybridized carbons (Fsp3) is 0.917. The van der Waals surface area contributed by atoms with Gasteiger partial charge in [0, 0.05) is 25.2 Å². The van der Waals surface area contributed by atoms with Crippen LogP contribution < -0.4 is 10.6 Å². The molecule has 0 aromatic carbocycles. The van der Waals surface area contributed by atoms with Gasteiger partial charge in [0.2, 0.25) is 5.91 Å². The highest BCUT2D eigenvalue weighted by Gasteiger charge is 2.33. The Kier molecular flexibility index (Phi) is 2.86. The first-order chi connectivity index (χ1) is 7.81. The van der Waals surface area contributed by atoms with Gasteiger partial charge in [0.25, 0.3) is 0 Å². The lowest BCUT2D eigenvalue weighted by molar-refractivity contribution is -0.122. The van der Waals surface area contributed by atoms with Gasteiger partial charge < -0.3 is 10.6 Å². The van der Waals surface area contributed by atoms with Crippen molar-refractivity contribution in [3.05, 3.63) is 0 Å². The van der Waals surface area contributed by atoms with Gasteiger partial charge in [-0.2, -0.15) is 0 Å². The largest absolute Gasteiger partial charge is 0.352 e. The molecule has 2 saturated heterocycles. The van der Waals surface area contributed by atoms with Crippen LogP contribution in [-0.2, 0) is 4.79 Å². The molecule has 4 nitrogen and oxygen atoms in total. The van der Waals surface area contributed by atoms with Gasteiger partial charge in [0.05, 0.1) is 6.54 Å². The lowest BCUT2D eigenvalue weighted by Crippen LogP contribution is -2.48. The summed E-state index contributed by atoms with van der Waals surface area (Å²) in [6, 6.07) is 1.22. The van der Waals surface area contributed by atoms with Crippen LogP contribution in [0.3, 0.4) is 0 Å². The zero-order valence-corrected chi connectivity index (χ0v) is 9.74. The summed E-state index contributed by atoms with van der Waals surface area (Å²) in [5.74, 6) is 1.01. The van der Waals surface area contributed by atoms with Crippen LogP contribution in [0.4, 0.5) is 0 Å². The van der Waals surface area contributed by atoms with Crippen LogP contribution >= 0.6 is 0 Å². The molecular formula is C12H21N3O. The Morgan fingerprint density at radius 2 is 2.19 bits per heavy atom. The summed E-state index contributed by atoms with van der Waals surface area (Å²) in [6.07, 6.45) is 4.85.